The molecule has 56 heavy (non-hydrogen) atoms. The van der Waals surface area contributed by atoms with Gasteiger partial charge in [-0.3, -0.25) is 10.1 Å². The Morgan fingerprint density at radius 3 is 1.29 bits per heavy atom. The van der Waals surface area contributed by atoms with Crippen LogP contribution in [-0.2, 0) is 31.8 Å². The van der Waals surface area contributed by atoms with Gasteiger partial charge >= 0.3 is 22.5 Å². The van der Waals surface area contributed by atoms with Crippen LogP contribution in [0.4, 0.5) is 0 Å². The molecule has 2 aliphatic heterocycles. The number of rotatable bonds is 7. The quantitative estimate of drug-likeness (QED) is 0.0680. The average Bonchev–Trinajstić information content (AvgIpc) is 4.05. The summed E-state index contributed by atoms with van der Waals surface area (Å²) in [6.45, 7) is 0. The number of benzene rings is 4. The van der Waals surface area contributed by atoms with Crippen molar-refractivity contribution in [3.05, 3.63) is 178 Å². The fourth-order valence-corrected chi connectivity index (χ4v) is 7.76. The van der Waals surface area contributed by atoms with Crippen LogP contribution in [0.2, 0.25) is 0 Å². The molecule has 0 N–H and O–H groups in total. The summed E-state index contributed by atoms with van der Waals surface area (Å²) in [6.07, 6.45) is 4.03. The van der Waals surface area contributed by atoms with Crippen LogP contribution in [0.3, 0.4) is 0 Å². The monoisotopic (exact) mass is 777 g/mol. The number of hydrogen-bond donors (Lipinski definition) is 0. The number of aromatic nitrogens is 4. The molecule has 4 aromatic carbocycles. The molecule has 8 bridgehead atoms. The van der Waals surface area contributed by atoms with Gasteiger partial charge in [0.05, 0.1) is 11.4 Å². The van der Waals surface area contributed by atoms with E-state index in [1.165, 1.54) is 14.2 Å². The molecule has 10 heteroatoms. The summed E-state index contributed by atoms with van der Waals surface area (Å²) < 4.78 is 12.3. The molecule has 0 radical (unpaired) electrons. The van der Waals surface area contributed by atoms with Gasteiger partial charge in [-0.1, -0.05) is 146 Å². The molecule has 2 aliphatic rings. The number of hydrogen-bond acceptors (Lipinski definition) is 6. The van der Waals surface area contributed by atoms with E-state index in [1.807, 2.05) is 158 Å². The smallest absolute Gasteiger partial charge is 0.657 e. The minimum Gasteiger partial charge on any atom is -0.657 e. The maximum atomic E-state index is 13.5. The topological polar surface area (TPSA) is 116 Å². The van der Waals surface area contributed by atoms with Gasteiger partial charge in [0.1, 0.15) is 11.4 Å². The Morgan fingerprint density at radius 2 is 0.893 bits per heavy atom. The van der Waals surface area contributed by atoms with Gasteiger partial charge in [0.15, 0.2) is 0 Å². The summed E-state index contributed by atoms with van der Waals surface area (Å²) in [5, 5.41) is 13.5. The molecule has 0 spiro atoms. The van der Waals surface area contributed by atoms with Crippen molar-refractivity contribution in [2.75, 3.05) is 14.2 Å². The van der Waals surface area contributed by atoms with Crippen LogP contribution in [0.5, 0.6) is 0 Å². The van der Waals surface area contributed by atoms with E-state index < -0.39 is 11.8 Å². The molecule has 0 saturated carbocycles. The maximum Gasteiger partial charge on any atom is 2.00 e. The zero-order valence-electron chi connectivity index (χ0n) is 30.3. The fraction of sp³-hybridized carbons (Fsp3) is 0.0870. The zero-order chi connectivity index (χ0) is 37.5. The van der Waals surface area contributed by atoms with Crippen LogP contribution in [0.1, 0.15) is 28.8 Å². The van der Waals surface area contributed by atoms with Gasteiger partial charge in [0.2, 0.25) is 0 Å². The first-order chi connectivity index (χ1) is 27.0. The van der Waals surface area contributed by atoms with Crippen molar-refractivity contribution < 1.29 is 30.9 Å². The molecule has 0 amide bonds. The molecular weight excluding hydrogens is 745 g/mol. The molecule has 0 saturated heterocycles. The van der Waals surface area contributed by atoms with Crippen LogP contribution in [0, 0.1) is 10.1 Å². The third kappa shape index (κ3) is 6.05. The van der Waals surface area contributed by atoms with Crippen LogP contribution in [-0.4, -0.2) is 29.1 Å². The first-order valence-corrected chi connectivity index (χ1v) is 17.8. The number of nitro groups is 1. The van der Waals surface area contributed by atoms with E-state index in [1.54, 1.807) is 0 Å². The van der Waals surface area contributed by atoms with E-state index in [0.717, 1.165) is 39.2 Å². The second-order valence-corrected chi connectivity index (χ2v) is 13.2. The summed E-state index contributed by atoms with van der Waals surface area (Å²) >= 11 is 0. The molecule has 7 aromatic rings. The Kier molecular flexibility index (Phi) is 9.78. The number of fused-ring (bicyclic) bond motifs is 8. The Hall–Kier alpha value is -6.45. The summed E-state index contributed by atoms with van der Waals surface area (Å²) in [7, 11) is 2.82. The zero-order valence-corrected chi connectivity index (χ0v) is 31.3. The fourth-order valence-electron chi connectivity index (χ4n) is 7.76. The van der Waals surface area contributed by atoms with E-state index in [2.05, 4.69) is 0 Å². The summed E-state index contributed by atoms with van der Waals surface area (Å²) in [5.74, 6) is -1.94. The van der Waals surface area contributed by atoms with Crippen molar-refractivity contribution in [3.63, 3.8) is 0 Å². The average molecular weight is 778 g/mol. The standard InChI is InChI=1S/C46H33N5O4.Ni/c1-54-46(55-2)44-42(32-21-13-6-14-22-32)38-28-26-36(49-38)40(30-17-9-4-10-18-30)34-24-23-33(47-34)39(29-15-7-3-8-16-29)35-25-27-37(48-35)41(31-19-11-5-12-20-31)43(50-44)45(46)51(52)53;/h3-28,45H,1-2H3;/q-2;+2. The first kappa shape index (κ1) is 36.5. The Bertz CT molecular complexity index is 2760. The largest absolute Gasteiger partial charge is 2.00 e. The van der Waals surface area contributed by atoms with Crippen molar-refractivity contribution in [2.45, 2.75) is 11.8 Å². The minimum absolute atomic E-state index is 0. The number of nitrogens with zero attached hydrogens (tertiary/aromatic N) is 5. The van der Waals surface area contributed by atoms with E-state index in [4.69, 9.17) is 29.4 Å². The first-order valence-electron chi connectivity index (χ1n) is 17.8. The van der Waals surface area contributed by atoms with Crippen molar-refractivity contribution in [1.82, 2.24) is 19.9 Å². The van der Waals surface area contributed by atoms with Crippen LogP contribution >= 0.6 is 0 Å². The summed E-state index contributed by atoms with van der Waals surface area (Å²) in [4.78, 5) is 34.1. The third-order valence-corrected chi connectivity index (χ3v) is 10.2. The van der Waals surface area contributed by atoms with Crippen LogP contribution in [0.15, 0.2) is 146 Å². The van der Waals surface area contributed by atoms with Crippen molar-refractivity contribution >= 4 is 34.2 Å². The van der Waals surface area contributed by atoms with E-state index >= 15 is 0 Å². The Morgan fingerprint density at radius 1 is 0.536 bits per heavy atom. The molecule has 1 unspecified atom stereocenters. The van der Waals surface area contributed by atoms with Crippen LogP contribution in [0.25, 0.3) is 78.7 Å². The van der Waals surface area contributed by atoms with Crippen molar-refractivity contribution in [2.24, 2.45) is 0 Å². The normalized spacial score (nSPS) is 14.3. The maximum absolute atomic E-state index is 13.5. The van der Waals surface area contributed by atoms with Gasteiger partial charge in [-0.2, -0.15) is 0 Å². The van der Waals surface area contributed by atoms with E-state index in [-0.39, 0.29) is 32.8 Å². The Labute approximate surface area is 332 Å². The SMILES string of the molecule is COC1(OC)c2nc(c(-c3ccccc3)c3ccc([n-]3)c(-c3ccccc3)c3nc(c(-c4ccccc4)c4ccc([n-]4)c2-c2ccccc2)C=C3)C1[N+](=O)[O-].[Ni+2]. The van der Waals surface area contributed by atoms with E-state index in [9.17, 15) is 10.1 Å². The molecule has 5 heterocycles. The second-order valence-electron chi connectivity index (χ2n) is 13.2. The van der Waals surface area contributed by atoms with Crippen molar-refractivity contribution in [3.8, 4) is 44.5 Å². The van der Waals surface area contributed by atoms with Gasteiger partial charge in [0, 0.05) is 19.1 Å². The Balaban J connectivity index is 0.00000441. The van der Waals surface area contributed by atoms with Gasteiger partial charge in [-0.25, -0.2) is 9.97 Å². The number of methoxy groups -OCH3 is 2. The summed E-state index contributed by atoms with van der Waals surface area (Å²) in [6, 6.07) is 45.2. The molecule has 0 fully saturated rings. The van der Waals surface area contributed by atoms with Gasteiger partial charge in [-0.05, 0) is 56.7 Å². The number of ether oxygens (including phenoxy) is 2. The van der Waals surface area contributed by atoms with Crippen molar-refractivity contribution in [1.29, 1.82) is 0 Å². The molecule has 276 valence electrons. The molecule has 9 rings (SSSR count). The molecule has 0 aliphatic carbocycles. The van der Waals surface area contributed by atoms with Gasteiger partial charge in [-0.15, -0.1) is 22.1 Å². The third-order valence-electron chi connectivity index (χ3n) is 10.2. The molecule has 9 nitrogen and oxygen atoms in total. The predicted molar refractivity (Wildman–Crippen MR) is 215 cm³/mol. The predicted octanol–water partition coefficient (Wildman–Crippen LogP) is 9.87. The van der Waals surface area contributed by atoms with Gasteiger partial charge in [0.25, 0.3) is 5.79 Å². The molecular formula is C46H33N5NiO4. The van der Waals surface area contributed by atoms with Gasteiger partial charge < -0.3 is 19.4 Å². The minimum atomic E-state index is -1.94. The summed E-state index contributed by atoms with van der Waals surface area (Å²) in [5.41, 5.74) is 10.2. The van der Waals surface area contributed by atoms with Crippen LogP contribution < -0.4 is 9.97 Å². The second kappa shape index (κ2) is 15.0. The molecule has 3 aromatic heterocycles. The molecule has 1 atom stereocenters. The van der Waals surface area contributed by atoms with E-state index in [0.29, 0.717) is 38.8 Å².